The molecule has 1 aromatic carbocycles. The van der Waals surface area contributed by atoms with Gasteiger partial charge in [0.15, 0.2) is 0 Å². The van der Waals surface area contributed by atoms with Crippen molar-refractivity contribution in [2.45, 2.75) is 25.3 Å². The fourth-order valence-electron chi connectivity index (χ4n) is 2.18. The van der Waals surface area contributed by atoms with E-state index >= 15 is 0 Å². The van der Waals surface area contributed by atoms with E-state index in [0.717, 1.165) is 22.8 Å². The quantitative estimate of drug-likeness (QED) is 0.917. The highest BCUT2D eigenvalue weighted by Crippen LogP contribution is 2.39. The largest absolute Gasteiger partial charge is 0.316 e. The fraction of sp³-hybridized carbons (Fsp3) is 0.357. The summed E-state index contributed by atoms with van der Waals surface area (Å²) in [5.74, 6) is 0.686. The zero-order valence-electron chi connectivity index (χ0n) is 10.4. The minimum Gasteiger partial charge on any atom is -0.316 e. The summed E-state index contributed by atoms with van der Waals surface area (Å²) in [4.78, 5) is 0. The highest BCUT2D eigenvalue weighted by atomic mass is 35.5. The molecule has 0 bridgehead atoms. The maximum Gasteiger partial charge on any atom is 0.0691 e. The van der Waals surface area contributed by atoms with Gasteiger partial charge in [0.25, 0.3) is 0 Å². The van der Waals surface area contributed by atoms with Crippen molar-refractivity contribution < 1.29 is 0 Å². The Bertz CT molecular complexity index is 558. The lowest BCUT2D eigenvalue weighted by atomic mass is 10.2. The third-order valence-corrected chi connectivity index (χ3v) is 3.50. The van der Waals surface area contributed by atoms with E-state index in [1.54, 1.807) is 0 Å². The maximum atomic E-state index is 6.05. The molecule has 1 N–H and O–H groups in total. The van der Waals surface area contributed by atoms with Gasteiger partial charge in [0, 0.05) is 23.7 Å². The van der Waals surface area contributed by atoms with Crippen LogP contribution in [-0.4, -0.2) is 16.8 Å². The number of aromatic nitrogens is 2. The Kier molecular flexibility index (Phi) is 3.10. The average molecular weight is 262 g/mol. The Morgan fingerprint density at radius 1 is 1.39 bits per heavy atom. The van der Waals surface area contributed by atoms with Gasteiger partial charge >= 0.3 is 0 Å². The molecule has 1 aliphatic carbocycles. The van der Waals surface area contributed by atoms with Crippen LogP contribution < -0.4 is 5.32 Å². The topological polar surface area (TPSA) is 29.9 Å². The lowest BCUT2D eigenvalue weighted by Crippen LogP contribution is -2.09. The lowest BCUT2D eigenvalue weighted by Gasteiger charge is -2.09. The number of hydrogen-bond acceptors (Lipinski definition) is 2. The molecular weight excluding hydrogens is 246 g/mol. The van der Waals surface area contributed by atoms with Crippen molar-refractivity contribution in [3.63, 3.8) is 0 Å². The highest BCUT2D eigenvalue weighted by Gasteiger charge is 2.26. The summed E-state index contributed by atoms with van der Waals surface area (Å²) in [6.07, 6.45) is 4.60. The Morgan fingerprint density at radius 3 is 2.94 bits per heavy atom. The zero-order chi connectivity index (χ0) is 12.5. The van der Waals surface area contributed by atoms with E-state index in [4.69, 9.17) is 11.6 Å². The van der Waals surface area contributed by atoms with Crippen LogP contribution in [0.25, 0.3) is 5.69 Å². The van der Waals surface area contributed by atoms with Crippen LogP contribution in [0, 0.1) is 0 Å². The smallest absolute Gasteiger partial charge is 0.0691 e. The molecule has 1 aromatic heterocycles. The van der Waals surface area contributed by atoms with Crippen LogP contribution in [0.3, 0.4) is 0 Å². The molecule has 0 radical (unpaired) electrons. The van der Waals surface area contributed by atoms with Gasteiger partial charge in [-0.1, -0.05) is 11.6 Å². The molecule has 0 unspecified atom stereocenters. The predicted octanol–water partition coefficient (Wildman–Crippen LogP) is 3.12. The molecule has 0 aliphatic heterocycles. The first-order valence-corrected chi connectivity index (χ1v) is 6.64. The summed E-state index contributed by atoms with van der Waals surface area (Å²) in [5.41, 5.74) is 3.47. The monoisotopic (exact) mass is 261 g/mol. The molecule has 2 aromatic rings. The Labute approximate surface area is 112 Å². The fourth-order valence-corrected chi connectivity index (χ4v) is 2.37. The first kappa shape index (κ1) is 11.8. The number of nitrogens with zero attached hydrogens (tertiary/aromatic N) is 2. The Morgan fingerprint density at radius 2 is 2.22 bits per heavy atom. The average Bonchev–Trinajstić information content (AvgIpc) is 3.09. The second kappa shape index (κ2) is 4.75. The first-order chi connectivity index (χ1) is 8.78. The summed E-state index contributed by atoms with van der Waals surface area (Å²) < 4.78 is 1.96. The van der Waals surface area contributed by atoms with E-state index in [9.17, 15) is 0 Å². The van der Waals surface area contributed by atoms with E-state index in [1.165, 1.54) is 18.5 Å². The van der Waals surface area contributed by atoms with Gasteiger partial charge in [0.05, 0.1) is 11.4 Å². The molecule has 3 nitrogen and oxygen atoms in total. The lowest BCUT2D eigenvalue weighted by molar-refractivity contribution is 0.779. The summed E-state index contributed by atoms with van der Waals surface area (Å²) >= 11 is 6.05. The molecule has 1 fully saturated rings. The van der Waals surface area contributed by atoms with Crippen molar-refractivity contribution >= 4 is 11.6 Å². The van der Waals surface area contributed by atoms with Gasteiger partial charge in [-0.25, -0.2) is 4.68 Å². The number of rotatable bonds is 4. The minimum atomic E-state index is 0.686. The van der Waals surface area contributed by atoms with Crippen LogP contribution in [0.2, 0.25) is 5.02 Å². The highest BCUT2D eigenvalue weighted by molar-refractivity contribution is 6.30. The van der Waals surface area contributed by atoms with E-state index in [-0.39, 0.29) is 0 Å². The summed E-state index contributed by atoms with van der Waals surface area (Å²) in [5, 5.41) is 8.59. The van der Waals surface area contributed by atoms with Crippen molar-refractivity contribution in [3.8, 4) is 5.69 Å². The van der Waals surface area contributed by atoms with Crippen molar-refractivity contribution in [2.75, 3.05) is 7.05 Å². The van der Waals surface area contributed by atoms with Crippen LogP contribution in [0.1, 0.15) is 30.0 Å². The first-order valence-electron chi connectivity index (χ1n) is 6.27. The molecular formula is C14H16ClN3. The second-order valence-electron chi connectivity index (χ2n) is 4.76. The van der Waals surface area contributed by atoms with Gasteiger partial charge in [-0.3, -0.25) is 0 Å². The van der Waals surface area contributed by atoms with E-state index in [0.29, 0.717) is 5.92 Å². The Balaban J connectivity index is 1.97. The van der Waals surface area contributed by atoms with Crippen LogP contribution in [-0.2, 0) is 6.54 Å². The van der Waals surface area contributed by atoms with Crippen molar-refractivity contribution in [2.24, 2.45) is 0 Å². The normalized spacial score (nSPS) is 15.0. The van der Waals surface area contributed by atoms with Crippen LogP contribution in [0.5, 0.6) is 0 Å². The molecule has 1 saturated carbocycles. The minimum absolute atomic E-state index is 0.686. The van der Waals surface area contributed by atoms with E-state index in [1.807, 2.05) is 36.1 Å². The predicted molar refractivity (Wildman–Crippen MR) is 73.3 cm³/mol. The number of hydrogen-bond donors (Lipinski definition) is 1. The van der Waals surface area contributed by atoms with Gasteiger partial charge < -0.3 is 5.32 Å². The van der Waals surface area contributed by atoms with Crippen molar-refractivity contribution in [1.29, 1.82) is 0 Å². The molecule has 1 aliphatic rings. The molecule has 3 rings (SSSR count). The SMILES string of the molecule is CNCc1cc(Cl)ccc1-n1ccc(C2CC2)n1. The molecule has 0 saturated heterocycles. The molecule has 1 heterocycles. The Hall–Kier alpha value is -1.32. The number of benzene rings is 1. The third kappa shape index (κ3) is 2.28. The summed E-state index contributed by atoms with van der Waals surface area (Å²) in [6, 6.07) is 8.05. The molecule has 18 heavy (non-hydrogen) atoms. The molecule has 4 heteroatoms. The number of nitrogens with one attached hydrogen (secondary N) is 1. The molecule has 94 valence electrons. The van der Waals surface area contributed by atoms with Crippen LogP contribution in [0.15, 0.2) is 30.5 Å². The van der Waals surface area contributed by atoms with Crippen LogP contribution >= 0.6 is 11.6 Å². The van der Waals surface area contributed by atoms with Gasteiger partial charge in [0.1, 0.15) is 0 Å². The van der Waals surface area contributed by atoms with Gasteiger partial charge in [-0.15, -0.1) is 0 Å². The summed E-state index contributed by atoms with van der Waals surface area (Å²) in [6.45, 7) is 0.786. The second-order valence-corrected chi connectivity index (χ2v) is 5.20. The van der Waals surface area contributed by atoms with Crippen LogP contribution in [0.4, 0.5) is 0 Å². The zero-order valence-corrected chi connectivity index (χ0v) is 11.1. The maximum absolute atomic E-state index is 6.05. The molecule has 0 spiro atoms. The van der Waals surface area contributed by atoms with Gasteiger partial charge in [0.2, 0.25) is 0 Å². The van der Waals surface area contributed by atoms with E-state index < -0.39 is 0 Å². The standard InChI is InChI=1S/C14H16ClN3/c1-16-9-11-8-12(15)4-5-14(11)18-7-6-13(17-18)10-2-3-10/h4-8,10,16H,2-3,9H2,1H3. The molecule has 0 amide bonds. The van der Waals surface area contributed by atoms with Crippen molar-refractivity contribution in [3.05, 3.63) is 46.7 Å². The van der Waals surface area contributed by atoms with Gasteiger partial charge in [-0.05, 0) is 49.7 Å². The third-order valence-electron chi connectivity index (χ3n) is 3.26. The van der Waals surface area contributed by atoms with Crippen molar-refractivity contribution in [1.82, 2.24) is 15.1 Å². The van der Waals surface area contributed by atoms with E-state index in [2.05, 4.69) is 16.5 Å². The number of halogens is 1. The molecule has 0 atom stereocenters. The summed E-state index contributed by atoms with van der Waals surface area (Å²) in [7, 11) is 1.93. The van der Waals surface area contributed by atoms with Gasteiger partial charge in [-0.2, -0.15) is 5.10 Å².